The zero-order valence-electron chi connectivity index (χ0n) is 11.7. The van der Waals surface area contributed by atoms with Crippen LogP contribution in [-0.2, 0) is 0 Å². The molecule has 2 aromatic rings. The Bertz CT molecular complexity index is 633. The molecule has 0 heterocycles. The van der Waals surface area contributed by atoms with Crippen LogP contribution in [0.2, 0.25) is 0 Å². The maximum absolute atomic E-state index is 13.6. The van der Waals surface area contributed by atoms with Crippen LogP contribution in [0, 0.1) is 19.7 Å². The molecule has 0 aromatic heterocycles. The first-order chi connectivity index (χ1) is 9.49. The van der Waals surface area contributed by atoms with E-state index in [1.54, 1.807) is 0 Å². The van der Waals surface area contributed by atoms with Crippen molar-refractivity contribution in [2.75, 3.05) is 12.4 Å². The van der Waals surface area contributed by atoms with Gasteiger partial charge < -0.3 is 10.1 Å². The number of benzene rings is 2. The van der Waals surface area contributed by atoms with Crippen molar-refractivity contribution in [3.05, 3.63) is 58.9 Å². The van der Waals surface area contributed by atoms with E-state index in [2.05, 4.69) is 5.32 Å². The average molecular weight is 273 g/mol. The summed E-state index contributed by atoms with van der Waals surface area (Å²) in [5.41, 5.74) is 3.06. The van der Waals surface area contributed by atoms with Crippen molar-refractivity contribution in [1.82, 2.24) is 0 Å². The van der Waals surface area contributed by atoms with Gasteiger partial charge in [-0.2, -0.15) is 0 Å². The maximum Gasteiger partial charge on any atom is 0.255 e. The normalized spacial score (nSPS) is 10.2. The first-order valence-electron chi connectivity index (χ1n) is 6.23. The Hall–Kier alpha value is -2.36. The summed E-state index contributed by atoms with van der Waals surface area (Å²) in [7, 11) is 1.38. The largest absolute Gasteiger partial charge is 0.494 e. The van der Waals surface area contributed by atoms with Crippen LogP contribution < -0.4 is 10.1 Å². The smallest absolute Gasteiger partial charge is 0.255 e. The maximum atomic E-state index is 13.6. The highest BCUT2D eigenvalue weighted by Crippen LogP contribution is 2.19. The van der Waals surface area contributed by atoms with Crippen LogP contribution in [0.4, 0.5) is 10.1 Å². The molecule has 0 saturated carbocycles. The number of hydrogen-bond acceptors (Lipinski definition) is 2. The van der Waals surface area contributed by atoms with Crippen molar-refractivity contribution >= 4 is 11.6 Å². The van der Waals surface area contributed by atoms with Gasteiger partial charge in [-0.15, -0.1) is 0 Å². The first-order valence-corrected chi connectivity index (χ1v) is 6.23. The molecule has 3 nitrogen and oxygen atoms in total. The standard InChI is InChI=1S/C16H16FNO2/c1-10-6-11(2)8-13(7-10)18-16(19)12-4-5-15(20-3)14(17)9-12/h4-9H,1-3H3,(H,18,19). The lowest BCUT2D eigenvalue weighted by atomic mass is 10.1. The summed E-state index contributed by atoms with van der Waals surface area (Å²) in [6.07, 6.45) is 0. The number of nitrogens with one attached hydrogen (secondary N) is 1. The summed E-state index contributed by atoms with van der Waals surface area (Å²) in [6, 6.07) is 9.88. The molecule has 0 aliphatic heterocycles. The number of amides is 1. The molecule has 0 unspecified atom stereocenters. The summed E-state index contributed by atoms with van der Waals surface area (Å²) < 4.78 is 18.4. The van der Waals surface area contributed by atoms with Crippen LogP contribution in [0.1, 0.15) is 21.5 Å². The molecule has 0 aliphatic rings. The van der Waals surface area contributed by atoms with Crippen molar-refractivity contribution in [3.63, 3.8) is 0 Å². The zero-order valence-corrected chi connectivity index (χ0v) is 11.7. The highest BCUT2D eigenvalue weighted by Gasteiger charge is 2.10. The Morgan fingerprint density at radius 3 is 2.30 bits per heavy atom. The van der Waals surface area contributed by atoms with E-state index in [4.69, 9.17) is 4.74 Å². The minimum absolute atomic E-state index is 0.118. The fourth-order valence-corrected chi connectivity index (χ4v) is 2.06. The Labute approximate surface area is 117 Å². The van der Waals surface area contributed by atoms with Gasteiger partial charge in [-0.3, -0.25) is 4.79 Å². The van der Waals surface area contributed by atoms with E-state index >= 15 is 0 Å². The van der Waals surface area contributed by atoms with Gasteiger partial charge in [-0.25, -0.2) is 4.39 Å². The summed E-state index contributed by atoms with van der Waals surface area (Å²) >= 11 is 0. The number of halogens is 1. The van der Waals surface area contributed by atoms with Crippen LogP contribution in [0.15, 0.2) is 36.4 Å². The topological polar surface area (TPSA) is 38.3 Å². The highest BCUT2D eigenvalue weighted by molar-refractivity contribution is 6.04. The van der Waals surface area contributed by atoms with Gasteiger partial charge in [0.2, 0.25) is 0 Å². The third-order valence-electron chi connectivity index (χ3n) is 2.89. The summed E-state index contributed by atoms with van der Waals surface area (Å²) in [5, 5.41) is 2.76. The van der Waals surface area contributed by atoms with Crippen LogP contribution in [0.3, 0.4) is 0 Å². The number of hydrogen-bond donors (Lipinski definition) is 1. The second kappa shape index (κ2) is 5.74. The fraction of sp³-hybridized carbons (Fsp3) is 0.188. The molecule has 2 aromatic carbocycles. The monoisotopic (exact) mass is 273 g/mol. The molecule has 0 fully saturated rings. The van der Waals surface area contributed by atoms with Gasteiger partial charge in [0.1, 0.15) is 0 Å². The van der Waals surface area contributed by atoms with Crippen molar-refractivity contribution in [2.24, 2.45) is 0 Å². The van der Waals surface area contributed by atoms with E-state index < -0.39 is 5.82 Å². The van der Waals surface area contributed by atoms with Gasteiger partial charge >= 0.3 is 0 Å². The van der Waals surface area contributed by atoms with Gasteiger partial charge in [0.25, 0.3) is 5.91 Å². The molecule has 1 amide bonds. The molecule has 0 bridgehead atoms. The first kappa shape index (κ1) is 14.1. The third-order valence-corrected chi connectivity index (χ3v) is 2.89. The lowest BCUT2D eigenvalue weighted by molar-refractivity contribution is 0.102. The molecule has 2 rings (SSSR count). The van der Waals surface area contributed by atoms with Gasteiger partial charge in [0, 0.05) is 11.3 Å². The van der Waals surface area contributed by atoms with E-state index in [-0.39, 0.29) is 17.2 Å². The molecule has 0 saturated heterocycles. The SMILES string of the molecule is COc1ccc(C(=O)Nc2cc(C)cc(C)c2)cc1F. The number of ether oxygens (including phenoxy) is 1. The van der Waals surface area contributed by atoms with Crippen molar-refractivity contribution in [2.45, 2.75) is 13.8 Å². The lowest BCUT2D eigenvalue weighted by Crippen LogP contribution is -2.12. The van der Waals surface area contributed by atoms with E-state index in [0.29, 0.717) is 5.69 Å². The van der Waals surface area contributed by atoms with Crippen molar-refractivity contribution < 1.29 is 13.9 Å². The van der Waals surface area contributed by atoms with Crippen molar-refractivity contribution in [1.29, 1.82) is 0 Å². The molecule has 0 spiro atoms. The summed E-state index contributed by atoms with van der Waals surface area (Å²) in [6.45, 7) is 3.91. The third kappa shape index (κ3) is 3.15. The van der Waals surface area contributed by atoms with Gasteiger partial charge in [-0.1, -0.05) is 6.07 Å². The van der Waals surface area contributed by atoms with Gasteiger partial charge in [-0.05, 0) is 55.3 Å². The Kier molecular flexibility index (Phi) is 4.03. The molecular weight excluding hydrogens is 257 g/mol. The summed E-state index contributed by atoms with van der Waals surface area (Å²) in [5.74, 6) is -0.787. The van der Waals surface area contributed by atoms with E-state index in [9.17, 15) is 9.18 Å². The van der Waals surface area contributed by atoms with Gasteiger partial charge in [0.15, 0.2) is 11.6 Å². The second-order valence-electron chi connectivity index (χ2n) is 4.68. The number of methoxy groups -OCH3 is 1. The number of carbonyl (C=O) groups excluding carboxylic acids is 1. The number of aryl methyl sites for hydroxylation is 2. The zero-order chi connectivity index (χ0) is 14.7. The molecule has 104 valence electrons. The fourth-order valence-electron chi connectivity index (χ4n) is 2.06. The number of anilines is 1. The Balaban J connectivity index is 2.21. The average Bonchev–Trinajstić information content (AvgIpc) is 2.37. The molecule has 20 heavy (non-hydrogen) atoms. The second-order valence-corrected chi connectivity index (χ2v) is 4.68. The molecule has 1 N–H and O–H groups in total. The molecule has 4 heteroatoms. The molecular formula is C16H16FNO2. The van der Waals surface area contributed by atoms with E-state index in [0.717, 1.165) is 17.2 Å². The number of carbonyl (C=O) groups is 1. The predicted molar refractivity (Wildman–Crippen MR) is 76.8 cm³/mol. The van der Waals surface area contributed by atoms with Crippen LogP contribution in [0.5, 0.6) is 5.75 Å². The minimum Gasteiger partial charge on any atom is -0.494 e. The molecule has 0 radical (unpaired) electrons. The Morgan fingerprint density at radius 1 is 1.10 bits per heavy atom. The van der Waals surface area contributed by atoms with Crippen LogP contribution in [-0.4, -0.2) is 13.0 Å². The highest BCUT2D eigenvalue weighted by atomic mass is 19.1. The van der Waals surface area contributed by atoms with Gasteiger partial charge in [0.05, 0.1) is 7.11 Å². The van der Waals surface area contributed by atoms with Crippen LogP contribution >= 0.6 is 0 Å². The predicted octanol–water partition coefficient (Wildman–Crippen LogP) is 3.70. The minimum atomic E-state index is -0.555. The quantitative estimate of drug-likeness (QED) is 0.926. The molecule has 0 atom stereocenters. The Morgan fingerprint density at radius 2 is 1.75 bits per heavy atom. The van der Waals surface area contributed by atoms with Crippen LogP contribution in [0.25, 0.3) is 0 Å². The lowest BCUT2D eigenvalue weighted by Gasteiger charge is -2.08. The number of rotatable bonds is 3. The summed E-state index contributed by atoms with van der Waals surface area (Å²) in [4.78, 5) is 12.1. The molecule has 0 aliphatic carbocycles. The van der Waals surface area contributed by atoms with E-state index in [1.165, 1.54) is 19.2 Å². The van der Waals surface area contributed by atoms with Crippen molar-refractivity contribution in [3.8, 4) is 5.75 Å². The van der Waals surface area contributed by atoms with E-state index in [1.807, 2.05) is 32.0 Å².